The number of carbonyl (C=O) groups excluding carboxylic acids is 1. The molecular weight excluding hydrogens is 273 g/mol. The number of carbonyl (C=O) groups is 1. The maximum Gasteiger partial charge on any atom is 0.257 e. The number of benzene rings is 1. The number of nitrogen functional groups attached to an aromatic ring is 1. The van der Waals surface area contributed by atoms with Crippen LogP contribution in [0.15, 0.2) is 36.5 Å². The van der Waals surface area contributed by atoms with Crippen LogP contribution in [0, 0.1) is 0 Å². The molecule has 0 bridgehead atoms. The molecule has 0 aliphatic heterocycles. The first kappa shape index (κ1) is 12.7. The zero-order valence-corrected chi connectivity index (χ0v) is 10.7. The molecule has 3 N–H and O–H groups in total. The number of halogens is 2. The van der Waals surface area contributed by atoms with Crippen LogP contribution in [0.3, 0.4) is 0 Å². The predicted octanol–water partition coefficient (Wildman–Crippen LogP) is 3.22. The minimum atomic E-state index is -0.291. The summed E-state index contributed by atoms with van der Waals surface area (Å²) >= 11 is 11.4. The van der Waals surface area contributed by atoms with Gasteiger partial charge in [-0.1, -0.05) is 23.2 Å². The van der Waals surface area contributed by atoms with Crippen molar-refractivity contribution in [3.63, 3.8) is 0 Å². The molecule has 6 heteroatoms. The number of nitrogens with zero attached hydrogens (tertiary/aromatic N) is 1. The van der Waals surface area contributed by atoms with Gasteiger partial charge in [0.1, 0.15) is 5.15 Å². The topological polar surface area (TPSA) is 68.0 Å². The van der Waals surface area contributed by atoms with Crippen molar-refractivity contribution in [2.75, 3.05) is 11.1 Å². The predicted molar refractivity (Wildman–Crippen MR) is 73.1 cm³/mol. The van der Waals surface area contributed by atoms with Gasteiger partial charge in [0.15, 0.2) is 0 Å². The fourth-order valence-electron chi connectivity index (χ4n) is 1.33. The van der Waals surface area contributed by atoms with Gasteiger partial charge in [-0.2, -0.15) is 0 Å². The second-order valence-electron chi connectivity index (χ2n) is 3.56. The molecule has 0 aliphatic rings. The third-order valence-corrected chi connectivity index (χ3v) is 2.81. The Morgan fingerprint density at radius 3 is 2.61 bits per heavy atom. The van der Waals surface area contributed by atoms with E-state index in [-0.39, 0.29) is 5.91 Å². The third kappa shape index (κ3) is 2.91. The first-order valence-electron chi connectivity index (χ1n) is 5.04. The number of nitrogens with two attached hydrogens (primary N) is 1. The lowest BCUT2D eigenvalue weighted by atomic mass is 10.2. The molecule has 1 aromatic carbocycles. The van der Waals surface area contributed by atoms with Gasteiger partial charge in [-0.05, 0) is 30.3 Å². The molecule has 0 fully saturated rings. The normalized spacial score (nSPS) is 10.1. The van der Waals surface area contributed by atoms with Crippen LogP contribution in [0.5, 0.6) is 0 Å². The summed E-state index contributed by atoms with van der Waals surface area (Å²) in [6.45, 7) is 0. The first-order chi connectivity index (χ1) is 8.56. The molecule has 2 rings (SSSR count). The van der Waals surface area contributed by atoms with Crippen LogP contribution in [0.2, 0.25) is 10.2 Å². The highest BCUT2D eigenvalue weighted by atomic mass is 35.5. The second-order valence-corrected chi connectivity index (χ2v) is 4.35. The smallest absolute Gasteiger partial charge is 0.257 e. The van der Waals surface area contributed by atoms with Crippen molar-refractivity contribution in [1.29, 1.82) is 0 Å². The molecule has 0 unspecified atom stereocenters. The lowest BCUT2D eigenvalue weighted by Gasteiger charge is -2.06. The van der Waals surface area contributed by atoms with Gasteiger partial charge in [0.2, 0.25) is 0 Å². The summed E-state index contributed by atoms with van der Waals surface area (Å²) in [7, 11) is 0. The molecule has 0 radical (unpaired) electrons. The van der Waals surface area contributed by atoms with E-state index in [0.717, 1.165) is 0 Å². The minimum Gasteiger partial charge on any atom is -0.397 e. The van der Waals surface area contributed by atoms with Gasteiger partial charge in [0.25, 0.3) is 5.91 Å². The maximum absolute atomic E-state index is 11.9. The Balaban J connectivity index is 2.16. The molecule has 0 aliphatic carbocycles. The van der Waals surface area contributed by atoms with E-state index in [1.54, 1.807) is 30.3 Å². The zero-order valence-electron chi connectivity index (χ0n) is 9.15. The van der Waals surface area contributed by atoms with Gasteiger partial charge in [-0.3, -0.25) is 4.79 Å². The van der Waals surface area contributed by atoms with Gasteiger partial charge >= 0.3 is 0 Å². The molecule has 0 saturated carbocycles. The van der Waals surface area contributed by atoms with Crippen molar-refractivity contribution in [2.24, 2.45) is 0 Å². The van der Waals surface area contributed by atoms with Gasteiger partial charge in [0.05, 0.1) is 16.3 Å². The van der Waals surface area contributed by atoms with Crippen LogP contribution in [-0.2, 0) is 0 Å². The van der Waals surface area contributed by atoms with E-state index < -0.39 is 0 Å². The number of pyridine rings is 1. The fourth-order valence-corrected chi connectivity index (χ4v) is 1.56. The fraction of sp³-hybridized carbons (Fsp3) is 0. The van der Waals surface area contributed by atoms with Gasteiger partial charge in [-0.15, -0.1) is 0 Å². The Bertz CT molecular complexity index is 584. The summed E-state index contributed by atoms with van der Waals surface area (Å²) in [6, 6.07) is 8.01. The van der Waals surface area contributed by atoms with Crippen LogP contribution in [0.1, 0.15) is 10.4 Å². The number of amides is 1. The Hall–Kier alpha value is -1.78. The van der Waals surface area contributed by atoms with Gasteiger partial charge in [-0.25, -0.2) is 4.98 Å². The summed E-state index contributed by atoms with van der Waals surface area (Å²) in [4.78, 5) is 15.7. The third-order valence-electron chi connectivity index (χ3n) is 2.24. The van der Waals surface area contributed by atoms with Gasteiger partial charge in [0, 0.05) is 11.9 Å². The molecule has 0 spiro atoms. The van der Waals surface area contributed by atoms with Crippen LogP contribution in [0.25, 0.3) is 0 Å². The number of rotatable bonds is 2. The average molecular weight is 282 g/mol. The molecule has 0 atom stereocenters. The summed E-state index contributed by atoms with van der Waals surface area (Å²) in [5, 5.41) is 3.47. The van der Waals surface area contributed by atoms with E-state index in [1.807, 2.05) is 0 Å². The number of nitrogens with one attached hydrogen (secondary N) is 1. The standard InChI is InChI=1S/C12H9Cl2N3O/c13-9-3-2-8(5-10(9)15)17-12(18)7-1-4-11(14)16-6-7/h1-6H,15H2,(H,17,18). The van der Waals surface area contributed by atoms with Crippen molar-refractivity contribution < 1.29 is 4.79 Å². The molecule has 1 aromatic heterocycles. The second kappa shape index (κ2) is 5.25. The largest absolute Gasteiger partial charge is 0.397 e. The Morgan fingerprint density at radius 1 is 1.22 bits per heavy atom. The molecule has 92 valence electrons. The lowest BCUT2D eigenvalue weighted by Crippen LogP contribution is -2.12. The molecule has 1 amide bonds. The monoisotopic (exact) mass is 281 g/mol. The summed E-state index contributed by atoms with van der Waals surface area (Å²) < 4.78 is 0. The van der Waals surface area contributed by atoms with Crippen molar-refractivity contribution in [2.45, 2.75) is 0 Å². The van der Waals surface area contributed by atoms with E-state index in [2.05, 4.69) is 10.3 Å². The van der Waals surface area contributed by atoms with E-state index in [0.29, 0.717) is 27.1 Å². The quantitative estimate of drug-likeness (QED) is 0.656. The maximum atomic E-state index is 11.9. The molecular formula is C12H9Cl2N3O. The summed E-state index contributed by atoms with van der Waals surface area (Å²) in [5.74, 6) is -0.291. The number of anilines is 2. The van der Waals surface area contributed by atoms with Crippen LogP contribution in [0.4, 0.5) is 11.4 Å². The van der Waals surface area contributed by atoms with E-state index >= 15 is 0 Å². The van der Waals surface area contributed by atoms with Crippen LogP contribution < -0.4 is 11.1 Å². The summed E-state index contributed by atoms with van der Waals surface area (Å²) in [6.07, 6.45) is 1.40. The molecule has 2 aromatic rings. The average Bonchev–Trinajstić information content (AvgIpc) is 2.34. The number of hydrogen-bond acceptors (Lipinski definition) is 3. The Labute approximate surface area is 114 Å². The van der Waals surface area contributed by atoms with E-state index in [4.69, 9.17) is 28.9 Å². The zero-order chi connectivity index (χ0) is 13.1. The van der Waals surface area contributed by atoms with Crippen LogP contribution in [-0.4, -0.2) is 10.9 Å². The minimum absolute atomic E-state index is 0.291. The molecule has 0 saturated heterocycles. The number of hydrogen-bond donors (Lipinski definition) is 2. The molecule has 1 heterocycles. The van der Waals surface area contributed by atoms with Crippen molar-refractivity contribution in [1.82, 2.24) is 4.98 Å². The highest BCUT2D eigenvalue weighted by Crippen LogP contribution is 2.22. The van der Waals surface area contributed by atoms with Crippen molar-refractivity contribution in [3.8, 4) is 0 Å². The highest BCUT2D eigenvalue weighted by molar-refractivity contribution is 6.33. The Morgan fingerprint density at radius 2 is 2.00 bits per heavy atom. The van der Waals surface area contributed by atoms with Crippen LogP contribution >= 0.6 is 23.2 Å². The van der Waals surface area contributed by atoms with Gasteiger partial charge < -0.3 is 11.1 Å². The summed E-state index contributed by atoms with van der Waals surface area (Å²) in [5.41, 5.74) is 7.02. The molecule has 4 nitrogen and oxygen atoms in total. The Kier molecular flexibility index (Phi) is 3.69. The molecule has 18 heavy (non-hydrogen) atoms. The number of aromatic nitrogens is 1. The van der Waals surface area contributed by atoms with E-state index in [9.17, 15) is 4.79 Å². The first-order valence-corrected chi connectivity index (χ1v) is 5.80. The SMILES string of the molecule is Nc1cc(NC(=O)c2ccc(Cl)nc2)ccc1Cl. The van der Waals surface area contributed by atoms with Crippen molar-refractivity contribution in [3.05, 3.63) is 52.3 Å². The van der Waals surface area contributed by atoms with E-state index in [1.165, 1.54) is 6.20 Å². The lowest BCUT2D eigenvalue weighted by molar-refractivity contribution is 0.102. The van der Waals surface area contributed by atoms with Crippen molar-refractivity contribution >= 4 is 40.5 Å². The highest BCUT2D eigenvalue weighted by Gasteiger charge is 2.07.